The molecule has 8 heteroatoms. The Labute approximate surface area is 168 Å². The number of carbonyl (C=O) groups is 1. The van der Waals surface area contributed by atoms with Crippen LogP contribution in [0.15, 0.2) is 53.9 Å². The highest BCUT2D eigenvalue weighted by molar-refractivity contribution is 7.99. The Morgan fingerprint density at radius 1 is 1.21 bits per heavy atom. The first kappa shape index (κ1) is 19.9. The molecule has 0 aliphatic rings. The fourth-order valence-electron chi connectivity index (χ4n) is 2.72. The molecule has 3 aromatic rings. The largest absolute Gasteiger partial charge is 0.496 e. The van der Waals surface area contributed by atoms with Crippen LogP contribution in [0.4, 0.5) is 5.69 Å². The van der Waals surface area contributed by atoms with Gasteiger partial charge in [-0.05, 0) is 30.2 Å². The summed E-state index contributed by atoms with van der Waals surface area (Å²) in [6.07, 6.45) is 3.28. The van der Waals surface area contributed by atoms with Crippen LogP contribution < -0.4 is 10.1 Å². The number of nitrogens with one attached hydrogen (secondary N) is 1. The van der Waals surface area contributed by atoms with Crippen LogP contribution in [0.1, 0.15) is 13.8 Å². The Morgan fingerprint density at radius 2 is 2.04 bits per heavy atom. The minimum atomic E-state index is -0.115. The summed E-state index contributed by atoms with van der Waals surface area (Å²) in [5.41, 5.74) is 1.55. The molecule has 1 amide bonds. The molecule has 0 saturated carbocycles. The summed E-state index contributed by atoms with van der Waals surface area (Å²) < 4.78 is 7.52. The molecule has 0 aliphatic heterocycles. The molecule has 0 aliphatic carbocycles. The second-order valence-corrected chi connectivity index (χ2v) is 7.53. The second kappa shape index (κ2) is 9.36. The van der Waals surface area contributed by atoms with E-state index in [1.54, 1.807) is 31.6 Å². The first-order valence-electron chi connectivity index (χ1n) is 8.97. The van der Waals surface area contributed by atoms with Crippen molar-refractivity contribution in [3.63, 3.8) is 0 Å². The number of methoxy groups -OCH3 is 1. The van der Waals surface area contributed by atoms with Crippen LogP contribution in [0.25, 0.3) is 11.4 Å². The Kier molecular flexibility index (Phi) is 6.65. The molecule has 2 aromatic heterocycles. The van der Waals surface area contributed by atoms with Gasteiger partial charge in [0.25, 0.3) is 0 Å². The van der Waals surface area contributed by atoms with Crippen LogP contribution in [0.5, 0.6) is 5.75 Å². The average molecular weight is 398 g/mol. The molecule has 0 spiro atoms. The molecule has 0 fully saturated rings. The lowest BCUT2D eigenvalue weighted by molar-refractivity contribution is -0.113. The predicted molar refractivity (Wildman–Crippen MR) is 110 cm³/mol. The molecular formula is C20H23N5O2S. The van der Waals surface area contributed by atoms with Crippen molar-refractivity contribution < 1.29 is 9.53 Å². The summed E-state index contributed by atoms with van der Waals surface area (Å²) >= 11 is 1.36. The van der Waals surface area contributed by atoms with E-state index >= 15 is 0 Å². The average Bonchev–Trinajstić information content (AvgIpc) is 3.08. The molecule has 1 N–H and O–H groups in total. The van der Waals surface area contributed by atoms with E-state index in [9.17, 15) is 4.79 Å². The number of rotatable bonds is 8. The number of thioether (sulfide) groups is 1. The molecule has 7 nitrogen and oxygen atoms in total. The van der Waals surface area contributed by atoms with Crippen LogP contribution >= 0.6 is 11.8 Å². The number of aromatic nitrogens is 4. The molecule has 146 valence electrons. The smallest absolute Gasteiger partial charge is 0.234 e. The van der Waals surface area contributed by atoms with Crippen LogP contribution in [0.3, 0.4) is 0 Å². The maximum Gasteiger partial charge on any atom is 0.234 e. The van der Waals surface area contributed by atoms with Gasteiger partial charge >= 0.3 is 0 Å². The summed E-state index contributed by atoms with van der Waals surface area (Å²) in [4.78, 5) is 16.3. The third kappa shape index (κ3) is 4.89. The van der Waals surface area contributed by atoms with Gasteiger partial charge in [0.05, 0.1) is 30.3 Å². The molecule has 28 heavy (non-hydrogen) atoms. The quantitative estimate of drug-likeness (QED) is 0.583. The van der Waals surface area contributed by atoms with Crippen LogP contribution in [-0.2, 0) is 11.3 Å². The van der Waals surface area contributed by atoms with Crippen molar-refractivity contribution in [2.75, 3.05) is 18.2 Å². The number of anilines is 1. The second-order valence-electron chi connectivity index (χ2n) is 6.59. The summed E-state index contributed by atoms with van der Waals surface area (Å²) in [7, 11) is 1.64. The molecular weight excluding hydrogens is 374 g/mol. The monoisotopic (exact) mass is 397 g/mol. The SMILES string of the molecule is COc1ccccc1-c1nnc(SCC(=O)Nc2cccnc2)n1CC(C)C. The molecule has 0 unspecified atom stereocenters. The Bertz CT molecular complexity index is 927. The predicted octanol–water partition coefficient (Wildman–Crippen LogP) is 3.74. The maximum absolute atomic E-state index is 12.3. The summed E-state index contributed by atoms with van der Waals surface area (Å²) in [6.45, 7) is 5.01. The van der Waals surface area contributed by atoms with Crippen molar-refractivity contribution in [3.8, 4) is 17.1 Å². The highest BCUT2D eigenvalue weighted by atomic mass is 32.2. The normalized spacial score (nSPS) is 10.9. The molecule has 1 aromatic carbocycles. The Balaban J connectivity index is 1.79. The number of amides is 1. The van der Waals surface area contributed by atoms with Gasteiger partial charge in [-0.1, -0.05) is 37.7 Å². The fourth-order valence-corrected chi connectivity index (χ4v) is 3.47. The number of hydrogen-bond donors (Lipinski definition) is 1. The fraction of sp³-hybridized carbons (Fsp3) is 0.300. The zero-order chi connectivity index (χ0) is 19.9. The molecule has 0 bridgehead atoms. The van der Waals surface area contributed by atoms with Crippen molar-refractivity contribution in [1.29, 1.82) is 0 Å². The van der Waals surface area contributed by atoms with Gasteiger partial charge in [0.15, 0.2) is 11.0 Å². The van der Waals surface area contributed by atoms with Gasteiger partial charge in [0, 0.05) is 12.7 Å². The van der Waals surface area contributed by atoms with Crippen molar-refractivity contribution in [1.82, 2.24) is 19.7 Å². The lowest BCUT2D eigenvalue weighted by atomic mass is 10.1. The first-order chi connectivity index (χ1) is 13.6. The first-order valence-corrected chi connectivity index (χ1v) is 9.96. The van der Waals surface area contributed by atoms with Crippen LogP contribution in [0, 0.1) is 5.92 Å². The van der Waals surface area contributed by atoms with E-state index in [1.165, 1.54) is 11.8 Å². The number of ether oxygens (including phenoxy) is 1. The number of hydrogen-bond acceptors (Lipinski definition) is 6. The number of benzene rings is 1. The van der Waals surface area contributed by atoms with E-state index in [1.807, 2.05) is 28.8 Å². The number of nitrogens with zero attached hydrogens (tertiary/aromatic N) is 4. The van der Waals surface area contributed by atoms with Gasteiger partial charge in [-0.15, -0.1) is 10.2 Å². The van der Waals surface area contributed by atoms with E-state index in [0.29, 0.717) is 16.8 Å². The number of carbonyl (C=O) groups excluding carboxylic acids is 1. The Hall–Kier alpha value is -2.87. The van der Waals surface area contributed by atoms with E-state index in [0.717, 1.165) is 23.7 Å². The summed E-state index contributed by atoms with van der Waals surface area (Å²) in [5.74, 6) is 1.99. The number of para-hydroxylation sites is 1. The zero-order valence-electron chi connectivity index (χ0n) is 16.1. The standard InChI is InChI=1S/C20H23N5O2S/c1-14(2)12-25-19(16-8-4-5-9-17(16)27-3)23-24-20(25)28-13-18(26)22-15-7-6-10-21-11-15/h4-11,14H,12-13H2,1-3H3,(H,22,26). The molecule has 0 atom stereocenters. The minimum absolute atomic E-state index is 0.115. The third-order valence-corrected chi connectivity index (χ3v) is 4.86. The van der Waals surface area contributed by atoms with E-state index in [-0.39, 0.29) is 11.7 Å². The lowest BCUT2D eigenvalue weighted by Crippen LogP contribution is -2.15. The van der Waals surface area contributed by atoms with Crippen molar-refractivity contribution in [2.24, 2.45) is 5.92 Å². The van der Waals surface area contributed by atoms with Crippen molar-refractivity contribution in [3.05, 3.63) is 48.8 Å². The zero-order valence-corrected chi connectivity index (χ0v) is 16.9. The van der Waals surface area contributed by atoms with Gasteiger partial charge in [0.2, 0.25) is 5.91 Å². The van der Waals surface area contributed by atoms with E-state index in [4.69, 9.17) is 4.74 Å². The van der Waals surface area contributed by atoms with Crippen LogP contribution in [0.2, 0.25) is 0 Å². The summed E-state index contributed by atoms with van der Waals surface area (Å²) in [6, 6.07) is 11.3. The summed E-state index contributed by atoms with van der Waals surface area (Å²) in [5, 5.41) is 12.2. The van der Waals surface area contributed by atoms with Gasteiger partial charge in [-0.2, -0.15) is 0 Å². The molecule has 0 radical (unpaired) electrons. The lowest BCUT2D eigenvalue weighted by Gasteiger charge is -2.14. The van der Waals surface area contributed by atoms with E-state index < -0.39 is 0 Å². The molecule has 3 rings (SSSR count). The highest BCUT2D eigenvalue weighted by Gasteiger charge is 2.19. The van der Waals surface area contributed by atoms with Gasteiger partial charge < -0.3 is 14.6 Å². The minimum Gasteiger partial charge on any atom is -0.496 e. The third-order valence-electron chi connectivity index (χ3n) is 3.89. The van der Waals surface area contributed by atoms with Gasteiger partial charge in [-0.25, -0.2) is 0 Å². The maximum atomic E-state index is 12.3. The molecule has 2 heterocycles. The van der Waals surface area contributed by atoms with Crippen molar-refractivity contribution >= 4 is 23.4 Å². The topological polar surface area (TPSA) is 81.9 Å². The van der Waals surface area contributed by atoms with Gasteiger partial charge in [0.1, 0.15) is 5.75 Å². The van der Waals surface area contributed by atoms with Gasteiger partial charge in [-0.3, -0.25) is 9.78 Å². The van der Waals surface area contributed by atoms with Crippen LogP contribution in [-0.4, -0.2) is 38.5 Å². The Morgan fingerprint density at radius 3 is 2.75 bits per heavy atom. The molecule has 0 saturated heterocycles. The number of pyridine rings is 1. The highest BCUT2D eigenvalue weighted by Crippen LogP contribution is 2.31. The van der Waals surface area contributed by atoms with Crippen molar-refractivity contribution in [2.45, 2.75) is 25.5 Å². The van der Waals surface area contributed by atoms with E-state index in [2.05, 4.69) is 34.3 Å².